The van der Waals surface area contributed by atoms with E-state index in [4.69, 9.17) is 30.5 Å². The van der Waals surface area contributed by atoms with Crippen LogP contribution in [0, 0.1) is 0 Å². The molecule has 4 rings (SSSR count). The number of esters is 1. The van der Waals surface area contributed by atoms with Crippen LogP contribution in [-0.4, -0.2) is 58.2 Å². The number of ether oxygens (including phenoxy) is 4. The lowest BCUT2D eigenvalue weighted by molar-refractivity contribution is 0.0471. The van der Waals surface area contributed by atoms with Gasteiger partial charge in [0.15, 0.2) is 11.5 Å². The topological polar surface area (TPSA) is 91.4 Å². The van der Waals surface area contributed by atoms with Gasteiger partial charge in [-0.2, -0.15) is 4.31 Å². The van der Waals surface area contributed by atoms with Crippen LogP contribution in [0.1, 0.15) is 15.9 Å². The van der Waals surface area contributed by atoms with Crippen LogP contribution in [0.5, 0.6) is 11.5 Å². The molecule has 2 aromatic rings. The average Bonchev–Trinajstić information content (AvgIpc) is 2.78. The van der Waals surface area contributed by atoms with Gasteiger partial charge < -0.3 is 18.9 Å². The van der Waals surface area contributed by atoms with E-state index in [1.54, 1.807) is 12.1 Å². The van der Waals surface area contributed by atoms with Crippen molar-refractivity contribution in [2.24, 2.45) is 0 Å². The smallest absolute Gasteiger partial charge is 0.338 e. The van der Waals surface area contributed by atoms with Gasteiger partial charge in [-0.25, -0.2) is 13.2 Å². The van der Waals surface area contributed by atoms with Crippen LogP contribution >= 0.6 is 11.6 Å². The second kappa shape index (κ2) is 8.81. The molecule has 0 spiro atoms. The highest BCUT2D eigenvalue weighted by molar-refractivity contribution is 7.89. The number of nitrogens with zero attached hydrogens (tertiary/aromatic N) is 1. The summed E-state index contributed by atoms with van der Waals surface area (Å²) in [5, 5.41) is 0.372. The lowest BCUT2D eigenvalue weighted by atomic mass is 10.2. The molecule has 0 aromatic heterocycles. The van der Waals surface area contributed by atoms with Gasteiger partial charge in [0.1, 0.15) is 19.8 Å². The first kappa shape index (κ1) is 20.9. The molecule has 0 unspecified atom stereocenters. The normalized spacial score (nSPS) is 16.8. The molecule has 0 saturated carbocycles. The highest BCUT2D eigenvalue weighted by atomic mass is 35.5. The lowest BCUT2D eigenvalue weighted by Gasteiger charge is -2.26. The Bertz CT molecular complexity index is 1050. The SMILES string of the molecule is O=C(OCc1cc(Cl)c2c(c1)OCCO2)c1cccc(S(=O)(=O)N2CCOCC2)c1. The molecule has 10 heteroatoms. The van der Waals surface area contributed by atoms with Crippen molar-refractivity contribution < 1.29 is 32.2 Å². The second-order valence-corrected chi connectivity index (χ2v) is 9.07. The minimum absolute atomic E-state index is 0.0428. The van der Waals surface area contributed by atoms with Crippen molar-refractivity contribution in [2.75, 3.05) is 39.5 Å². The van der Waals surface area contributed by atoms with E-state index in [2.05, 4.69) is 0 Å². The number of benzene rings is 2. The van der Waals surface area contributed by atoms with Crippen LogP contribution in [-0.2, 0) is 26.1 Å². The summed E-state index contributed by atoms with van der Waals surface area (Å²) in [5.74, 6) is 0.331. The minimum atomic E-state index is -3.70. The molecule has 1 saturated heterocycles. The fourth-order valence-corrected chi connectivity index (χ4v) is 4.94. The Balaban J connectivity index is 1.47. The zero-order chi connectivity index (χ0) is 21.1. The van der Waals surface area contributed by atoms with Gasteiger partial charge in [-0.3, -0.25) is 0 Å². The molecule has 2 aliphatic rings. The number of morpholine rings is 1. The van der Waals surface area contributed by atoms with Crippen molar-refractivity contribution in [2.45, 2.75) is 11.5 Å². The number of carbonyl (C=O) groups is 1. The third kappa shape index (κ3) is 4.39. The Labute approximate surface area is 179 Å². The maximum atomic E-state index is 12.8. The summed E-state index contributed by atoms with van der Waals surface area (Å²) in [4.78, 5) is 12.6. The van der Waals surface area contributed by atoms with Crippen molar-refractivity contribution in [3.05, 3.63) is 52.5 Å². The van der Waals surface area contributed by atoms with Gasteiger partial charge in [-0.05, 0) is 35.9 Å². The number of hydrogen-bond donors (Lipinski definition) is 0. The number of fused-ring (bicyclic) bond motifs is 1. The molecule has 30 heavy (non-hydrogen) atoms. The molecule has 1 fully saturated rings. The van der Waals surface area contributed by atoms with Crippen LogP contribution in [0.2, 0.25) is 5.02 Å². The number of halogens is 1. The molecule has 0 radical (unpaired) electrons. The van der Waals surface area contributed by atoms with Gasteiger partial charge in [0.25, 0.3) is 0 Å². The number of carbonyl (C=O) groups excluding carboxylic acids is 1. The summed E-state index contributed by atoms with van der Waals surface area (Å²) in [6.07, 6.45) is 0. The van der Waals surface area contributed by atoms with Crippen LogP contribution < -0.4 is 9.47 Å². The van der Waals surface area contributed by atoms with E-state index < -0.39 is 16.0 Å². The van der Waals surface area contributed by atoms with Gasteiger partial charge in [-0.1, -0.05) is 17.7 Å². The summed E-state index contributed by atoms with van der Waals surface area (Å²) >= 11 is 6.20. The maximum absolute atomic E-state index is 12.8. The first-order valence-electron chi connectivity index (χ1n) is 9.38. The van der Waals surface area contributed by atoms with E-state index in [0.29, 0.717) is 48.5 Å². The largest absolute Gasteiger partial charge is 0.486 e. The van der Waals surface area contributed by atoms with E-state index in [-0.39, 0.29) is 30.2 Å². The van der Waals surface area contributed by atoms with Gasteiger partial charge in [0.2, 0.25) is 10.0 Å². The summed E-state index contributed by atoms with van der Waals surface area (Å²) in [5.41, 5.74) is 0.780. The standard InChI is InChI=1S/C20H20ClNO7S/c21-17-10-14(11-18-19(17)28-9-8-27-18)13-29-20(23)15-2-1-3-16(12-15)30(24,25)22-4-6-26-7-5-22/h1-3,10-12H,4-9,13H2. The summed E-state index contributed by atoms with van der Waals surface area (Å²) in [6.45, 7) is 2.04. The summed E-state index contributed by atoms with van der Waals surface area (Å²) in [6, 6.07) is 9.16. The molecule has 0 amide bonds. The van der Waals surface area contributed by atoms with Crippen molar-refractivity contribution >= 4 is 27.6 Å². The summed E-state index contributed by atoms with van der Waals surface area (Å²) in [7, 11) is -3.70. The monoisotopic (exact) mass is 453 g/mol. The van der Waals surface area contributed by atoms with Gasteiger partial charge in [0.05, 0.1) is 28.7 Å². The van der Waals surface area contributed by atoms with Gasteiger partial charge >= 0.3 is 5.97 Å². The third-order valence-electron chi connectivity index (χ3n) is 4.70. The van der Waals surface area contributed by atoms with E-state index in [1.165, 1.54) is 28.6 Å². The lowest BCUT2D eigenvalue weighted by Crippen LogP contribution is -2.40. The summed E-state index contributed by atoms with van der Waals surface area (Å²) < 4.78 is 48.5. The first-order chi connectivity index (χ1) is 14.4. The molecule has 2 heterocycles. The predicted octanol–water partition coefficient (Wildman–Crippen LogP) is 2.49. The Morgan fingerprint density at radius 2 is 1.83 bits per heavy atom. The fourth-order valence-electron chi connectivity index (χ4n) is 3.20. The molecule has 0 N–H and O–H groups in total. The molecule has 8 nitrogen and oxygen atoms in total. The van der Waals surface area contributed by atoms with Crippen molar-refractivity contribution in [3.63, 3.8) is 0 Å². The molecule has 0 atom stereocenters. The minimum Gasteiger partial charge on any atom is -0.486 e. The molecular weight excluding hydrogens is 434 g/mol. The molecule has 2 aromatic carbocycles. The molecule has 2 aliphatic heterocycles. The Hall–Kier alpha value is -2.33. The van der Waals surface area contributed by atoms with Crippen LogP contribution in [0.15, 0.2) is 41.3 Å². The zero-order valence-corrected chi connectivity index (χ0v) is 17.6. The number of hydrogen-bond acceptors (Lipinski definition) is 7. The Morgan fingerprint density at radius 1 is 1.07 bits per heavy atom. The quantitative estimate of drug-likeness (QED) is 0.642. The molecule has 160 valence electrons. The highest BCUT2D eigenvalue weighted by Crippen LogP contribution is 2.38. The van der Waals surface area contributed by atoms with Crippen molar-refractivity contribution in [3.8, 4) is 11.5 Å². The van der Waals surface area contributed by atoms with Crippen LogP contribution in [0.4, 0.5) is 0 Å². The van der Waals surface area contributed by atoms with Gasteiger partial charge in [0, 0.05) is 13.1 Å². The fraction of sp³-hybridized carbons (Fsp3) is 0.350. The molecule has 0 bridgehead atoms. The van der Waals surface area contributed by atoms with E-state index in [9.17, 15) is 13.2 Å². The van der Waals surface area contributed by atoms with Crippen molar-refractivity contribution in [1.82, 2.24) is 4.31 Å². The van der Waals surface area contributed by atoms with Gasteiger partial charge in [-0.15, -0.1) is 0 Å². The third-order valence-corrected chi connectivity index (χ3v) is 6.88. The van der Waals surface area contributed by atoms with Crippen LogP contribution in [0.3, 0.4) is 0 Å². The maximum Gasteiger partial charge on any atom is 0.338 e. The second-order valence-electron chi connectivity index (χ2n) is 6.72. The first-order valence-corrected chi connectivity index (χ1v) is 11.2. The highest BCUT2D eigenvalue weighted by Gasteiger charge is 2.27. The number of sulfonamides is 1. The van der Waals surface area contributed by atoms with E-state index in [0.717, 1.165) is 0 Å². The average molecular weight is 454 g/mol. The van der Waals surface area contributed by atoms with E-state index >= 15 is 0 Å². The Kier molecular flexibility index (Phi) is 6.14. The molecular formula is C20H20ClNO7S. The zero-order valence-electron chi connectivity index (χ0n) is 16.0. The predicted molar refractivity (Wildman–Crippen MR) is 108 cm³/mol. The molecule has 0 aliphatic carbocycles. The van der Waals surface area contributed by atoms with Crippen LogP contribution in [0.25, 0.3) is 0 Å². The number of rotatable bonds is 5. The van der Waals surface area contributed by atoms with E-state index in [1.807, 2.05) is 0 Å². The Morgan fingerprint density at radius 3 is 2.63 bits per heavy atom. The van der Waals surface area contributed by atoms with Crippen molar-refractivity contribution in [1.29, 1.82) is 0 Å².